The van der Waals surface area contributed by atoms with Gasteiger partial charge in [-0.2, -0.15) is 0 Å². The predicted molar refractivity (Wildman–Crippen MR) is 115 cm³/mol. The first-order valence-corrected chi connectivity index (χ1v) is 10.3. The lowest BCUT2D eigenvalue weighted by atomic mass is 10.0. The highest BCUT2D eigenvalue weighted by molar-refractivity contribution is 7.98. The molecule has 0 radical (unpaired) electrons. The highest BCUT2D eigenvalue weighted by Crippen LogP contribution is 2.19. The second-order valence-corrected chi connectivity index (χ2v) is 7.52. The zero-order chi connectivity index (χ0) is 20.1. The van der Waals surface area contributed by atoms with Crippen LogP contribution in [0.25, 0.3) is 11.3 Å². The molecule has 0 saturated carbocycles. The molecule has 0 bridgehead atoms. The zero-order valence-corrected chi connectivity index (χ0v) is 17.0. The van der Waals surface area contributed by atoms with Gasteiger partial charge in [0.15, 0.2) is 5.16 Å². The Labute approximate surface area is 168 Å². The first-order valence-electron chi connectivity index (χ1n) is 9.09. The second kappa shape index (κ2) is 8.89. The van der Waals surface area contributed by atoms with Crippen LogP contribution in [0.5, 0.6) is 0 Å². The molecule has 28 heavy (non-hydrogen) atoms. The Balaban J connectivity index is 1.79. The number of nitrogens with zero attached hydrogens (tertiary/aromatic N) is 2. The highest BCUT2D eigenvalue weighted by atomic mass is 32.2. The molecule has 0 aliphatic heterocycles. The molecule has 1 heterocycles. The molecule has 0 unspecified atom stereocenters. The van der Waals surface area contributed by atoms with E-state index < -0.39 is 0 Å². The van der Waals surface area contributed by atoms with E-state index in [1.54, 1.807) is 0 Å². The molecule has 3 rings (SSSR count). The van der Waals surface area contributed by atoms with Crippen LogP contribution in [-0.2, 0) is 11.3 Å². The fourth-order valence-electron chi connectivity index (χ4n) is 2.84. The normalized spacial score (nSPS) is 10.9. The number of hydrogen-bond donors (Lipinski definition) is 1. The summed E-state index contributed by atoms with van der Waals surface area (Å²) in [6.07, 6.45) is 1.84. The summed E-state index contributed by atoms with van der Waals surface area (Å²) in [6, 6.07) is 18.8. The van der Waals surface area contributed by atoms with Gasteiger partial charge in [0.05, 0.1) is 5.69 Å². The summed E-state index contributed by atoms with van der Waals surface area (Å²) in [5.41, 5.74) is 3.15. The maximum atomic E-state index is 12.6. The topological polar surface area (TPSA) is 64.0 Å². The predicted octanol–water partition coefficient (Wildman–Crippen LogP) is 4.39. The Kier molecular flexibility index (Phi) is 6.31. The first-order chi connectivity index (χ1) is 13.5. The van der Waals surface area contributed by atoms with Gasteiger partial charge in [-0.3, -0.25) is 14.2 Å². The lowest BCUT2D eigenvalue weighted by Crippen LogP contribution is -2.29. The Bertz CT molecular complexity index is 1010. The Morgan fingerprint density at radius 1 is 1.11 bits per heavy atom. The minimum absolute atomic E-state index is 0.0803. The van der Waals surface area contributed by atoms with Crippen LogP contribution >= 0.6 is 11.8 Å². The number of amides is 1. The minimum atomic E-state index is -0.260. The third-order valence-corrected chi connectivity index (χ3v) is 5.07. The number of carbonyl (C=O) groups is 1. The third kappa shape index (κ3) is 4.70. The molecule has 0 saturated heterocycles. The van der Waals surface area contributed by atoms with Crippen molar-refractivity contribution in [1.29, 1.82) is 0 Å². The van der Waals surface area contributed by atoms with Gasteiger partial charge in [-0.05, 0) is 29.9 Å². The van der Waals surface area contributed by atoms with Gasteiger partial charge in [0.1, 0.15) is 6.54 Å². The first kappa shape index (κ1) is 19.9. The maximum Gasteiger partial charge on any atom is 0.255 e. The SMILES string of the molecule is CSc1nc(-c2ccccc2)cc(=O)n1CC(=O)Nc1ccc(C(C)C)cc1. The van der Waals surface area contributed by atoms with Crippen molar-refractivity contribution in [1.82, 2.24) is 9.55 Å². The van der Waals surface area contributed by atoms with E-state index in [2.05, 4.69) is 24.1 Å². The van der Waals surface area contributed by atoms with Crippen molar-refractivity contribution >= 4 is 23.4 Å². The van der Waals surface area contributed by atoms with Crippen LogP contribution in [0.15, 0.2) is 70.6 Å². The van der Waals surface area contributed by atoms with Gasteiger partial charge in [-0.15, -0.1) is 0 Å². The molecular formula is C22H23N3O2S. The molecule has 1 amide bonds. The maximum absolute atomic E-state index is 12.6. The van der Waals surface area contributed by atoms with E-state index in [1.165, 1.54) is 28.0 Å². The molecular weight excluding hydrogens is 370 g/mol. The van der Waals surface area contributed by atoms with Crippen LogP contribution in [0.1, 0.15) is 25.3 Å². The fraction of sp³-hybridized carbons (Fsp3) is 0.227. The summed E-state index contributed by atoms with van der Waals surface area (Å²) in [7, 11) is 0. The average Bonchev–Trinajstić information content (AvgIpc) is 2.70. The van der Waals surface area contributed by atoms with Crippen LogP contribution in [0.4, 0.5) is 5.69 Å². The van der Waals surface area contributed by atoms with Crippen LogP contribution < -0.4 is 10.9 Å². The second-order valence-electron chi connectivity index (χ2n) is 6.74. The largest absolute Gasteiger partial charge is 0.325 e. The van der Waals surface area contributed by atoms with Crippen molar-refractivity contribution in [3.63, 3.8) is 0 Å². The molecule has 0 aliphatic carbocycles. The molecule has 0 aliphatic rings. The molecule has 1 aromatic heterocycles. The molecule has 5 nitrogen and oxygen atoms in total. The van der Waals surface area contributed by atoms with Crippen molar-refractivity contribution in [2.24, 2.45) is 0 Å². The number of anilines is 1. The van der Waals surface area contributed by atoms with E-state index in [9.17, 15) is 9.59 Å². The highest BCUT2D eigenvalue weighted by Gasteiger charge is 2.13. The van der Waals surface area contributed by atoms with Gasteiger partial charge in [-0.1, -0.05) is 68.1 Å². The van der Waals surface area contributed by atoms with E-state index in [4.69, 9.17) is 0 Å². The monoisotopic (exact) mass is 393 g/mol. The van der Waals surface area contributed by atoms with E-state index in [1.807, 2.05) is 60.9 Å². The fourth-order valence-corrected chi connectivity index (χ4v) is 3.40. The third-order valence-electron chi connectivity index (χ3n) is 4.39. The molecule has 2 aromatic carbocycles. The summed E-state index contributed by atoms with van der Waals surface area (Å²) in [4.78, 5) is 29.7. The Morgan fingerprint density at radius 3 is 2.39 bits per heavy atom. The Morgan fingerprint density at radius 2 is 1.79 bits per heavy atom. The van der Waals surface area contributed by atoms with Crippen LogP contribution in [0.2, 0.25) is 0 Å². The molecule has 0 spiro atoms. The molecule has 1 N–H and O–H groups in total. The van der Waals surface area contributed by atoms with Gasteiger partial charge in [0, 0.05) is 17.3 Å². The molecule has 0 atom stereocenters. The number of rotatable bonds is 6. The van der Waals surface area contributed by atoms with Crippen molar-refractivity contribution in [2.75, 3.05) is 11.6 Å². The molecule has 144 valence electrons. The van der Waals surface area contributed by atoms with Gasteiger partial charge >= 0.3 is 0 Å². The quantitative estimate of drug-likeness (QED) is 0.498. The number of benzene rings is 2. The summed E-state index contributed by atoms with van der Waals surface area (Å²) >= 11 is 1.34. The van der Waals surface area contributed by atoms with E-state index in [-0.39, 0.29) is 18.0 Å². The van der Waals surface area contributed by atoms with Crippen molar-refractivity contribution in [2.45, 2.75) is 31.5 Å². The standard InChI is InChI=1S/C22H23N3O2S/c1-15(2)16-9-11-18(12-10-16)23-20(26)14-25-21(27)13-19(24-22(25)28-3)17-7-5-4-6-8-17/h4-13,15H,14H2,1-3H3,(H,23,26). The van der Waals surface area contributed by atoms with Crippen LogP contribution in [0, 0.1) is 0 Å². The summed E-state index contributed by atoms with van der Waals surface area (Å²) in [6.45, 7) is 4.16. The summed E-state index contributed by atoms with van der Waals surface area (Å²) in [5, 5.41) is 3.36. The van der Waals surface area contributed by atoms with Crippen molar-refractivity contribution < 1.29 is 4.79 Å². The van der Waals surface area contributed by atoms with Gasteiger partial charge in [-0.25, -0.2) is 4.98 Å². The lowest BCUT2D eigenvalue weighted by Gasteiger charge is -2.13. The van der Waals surface area contributed by atoms with Crippen LogP contribution in [0.3, 0.4) is 0 Å². The number of hydrogen-bond acceptors (Lipinski definition) is 4. The van der Waals surface area contributed by atoms with E-state index >= 15 is 0 Å². The lowest BCUT2D eigenvalue weighted by molar-refractivity contribution is -0.116. The number of thioether (sulfide) groups is 1. The smallest absolute Gasteiger partial charge is 0.255 e. The number of carbonyl (C=O) groups excluding carboxylic acids is 1. The van der Waals surface area contributed by atoms with Crippen molar-refractivity contribution in [3.05, 3.63) is 76.6 Å². The Hall–Kier alpha value is -2.86. The van der Waals surface area contributed by atoms with E-state index in [0.717, 1.165) is 5.56 Å². The molecule has 6 heteroatoms. The van der Waals surface area contributed by atoms with Gasteiger partial charge in [0.2, 0.25) is 5.91 Å². The zero-order valence-electron chi connectivity index (χ0n) is 16.2. The summed E-state index contributed by atoms with van der Waals surface area (Å²) in [5.74, 6) is 0.172. The van der Waals surface area contributed by atoms with Crippen LogP contribution in [-0.4, -0.2) is 21.7 Å². The molecule has 0 fully saturated rings. The summed E-state index contributed by atoms with van der Waals surface area (Å²) < 4.78 is 1.40. The average molecular weight is 394 g/mol. The van der Waals surface area contributed by atoms with Gasteiger partial charge < -0.3 is 5.32 Å². The van der Waals surface area contributed by atoms with E-state index in [0.29, 0.717) is 22.5 Å². The minimum Gasteiger partial charge on any atom is -0.325 e. The number of nitrogens with one attached hydrogen (secondary N) is 1. The molecule has 3 aromatic rings. The number of aromatic nitrogens is 2. The van der Waals surface area contributed by atoms with Gasteiger partial charge in [0.25, 0.3) is 5.56 Å². The van der Waals surface area contributed by atoms with Crippen molar-refractivity contribution in [3.8, 4) is 11.3 Å².